The molecule has 14 nitrogen and oxygen atoms in total. The summed E-state index contributed by atoms with van der Waals surface area (Å²) in [5, 5.41) is 2.67. The summed E-state index contributed by atoms with van der Waals surface area (Å²) in [6.07, 6.45) is 2.12. The monoisotopic (exact) mass is 784 g/mol. The maximum Gasteiger partial charge on any atom is 0.418 e. The van der Waals surface area contributed by atoms with Crippen LogP contribution in [0.25, 0.3) is 0 Å². The van der Waals surface area contributed by atoms with Gasteiger partial charge in [-0.3, -0.25) is 14.5 Å². The first-order valence-corrected chi connectivity index (χ1v) is 19.3. The van der Waals surface area contributed by atoms with Crippen molar-refractivity contribution in [2.45, 2.75) is 141 Å². The molecule has 1 saturated carbocycles. The highest BCUT2D eigenvalue weighted by atomic mass is 19.1. The van der Waals surface area contributed by atoms with Gasteiger partial charge >= 0.3 is 24.2 Å². The zero-order valence-electron chi connectivity index (χ0n) is 33.7. The van der Waals surface area contributed by atoms with Crippen molar-refractivity contribution in [2.24, 2.45) is 5.92 Å². The van der Waals surface area contributed by atoms with Gasteiger partial charge in [0.05, 0.1) is 19.7 Å². The number of imide groups is 1. The number of hydrogen-bond donors (Lipinski definition) is 1. The van der Waals surface area contributed by atoms with Gasteiger partial charge in [0.15, 0.2) is 5.54 Å². The highest BCUT2D eigenvalue weighted by Crippen LogP contribution is 2.51. The highest BCUT2D eigenvalue weighted by Gasteiger charge is 2.69. The predicted octanol–water partition coefficient (Wildman–Crippen LogP) is 6.55. The predicted molar refractivity (Wildman–Crippen MR) is 203 cm³/mol. The summed E-state index contributed by atoms with van der Waals surface area (Å²) >= 11 is 0. The number of likely N-dealkylation sites (tertiary alicyclic amines) is 1. The number of nitrogens with one attached hydrogen (secondary N) is 1. The summed E-state index contributed by atoms with van der Waals surface area (Å²) in [6, 6.07) is 1.94. The van der Waals surface area contributed by atoms with E-state index in [0.717, 1.165) is 17.7 Å². The van der Waals surface area contributed by atoms with E-state index >= 15 is 0 Å². The maximum absolute atomic E-state index is 15.0. The van der Waals surface area contributed by atoms with Gasteiger partial charge in [-0.05, 0) is 85.8 Å². The maximum atomic E-state index is 15.0. The molecule has 2 heterocycles. The molecule has 2 fully saturated rings. The zero-order valence-corrected chi connectivity index (χ0v) is 33.7. The van der Waals surface area contributed by atoms with Crippen LogP contribution in [0, 0.1) is 11.7 Å². The molecule has 0 radical (unpaired) electrons. The van der Waals surface area contributed by atoms with Gasteiger partial charge in [-0.2, -0.15) is 0 Å². The molecule has 1 unspecified atom stereocenters. The molecule has 1 aromatic rings. The summed E-state index contributed by atoms with van der Waals surface area (Å²) in [5.41, 5.74) is -2.78. The smallest absolute Gasteiger partial charge is 0.418 e. The molecule has 0 aromatic heterocycles. The topological polar surface area (TPSA) is 161 Å². The third-order valence-electron chi connectivity index (χ3n) is 9.77. The fourth-order valence-corrected chi connectivity index (χ4v) is 7.11. The van der Waals surface area contributed by atoms with Crippen LogP contribution in [0.4, 0.5) is 18.8 Å². The summed E-state index contributed by atoms with van der Waals surface area (Å²) in [5.74, 6) is -3.61. The number of fused-ring (bicyclic) bond motifs is 1. The third kappa shape index (κ3) is 10.5. The number of alkyl carbamates (subject to hydrolysis) is 1. The Balaban J connectivity index is 1.72. The van der Waals surface area contributed by atoms with Gasteiger partial charge in [0, 0.05) is 24.4 Å². The zero-order chi connectivity index (χ0) is 41.6. The fraction of sp³-hybridized carbons (Fsp3) is 0.610. The van der Waals surface area contributed by atoms with E-state index in [2.05, 4.69) is 18.5 Å². The quantitative estimate of drug-likeness (QED) is 0.0949. The number of nitrogens with zero attached hydrogens (tertiary/aromatic N) is 3. The summed E-state index contributed by atoms with van der Waals surface area (Å²) < 4.78 is 36.9. The fourth-order valence-electron chi connectivity index (χ4n) is 7.11. The van der Waals surface area contributed by atoms with Crippen molar-refractivity contribution >= 4 is 36.1 Å². The molecule has 1 N–H and O–H groups in total. The second-order valence-corrected chi connectivity index (χ2v) is 16.5. The number of halogens is 1. The number of rotatable bonds is 14. The molecule has 5 atom stereocenters. The largest absolute Gasteiger partial charge is 0.464 e. The summed E-state index contributed by atoms with van der Waals surface area (Å²) in [4.78, 5) is 87.1. The number of hydrogen-bond acceptors (Lipinski definition) is 10. The minimum atomic E-state index is -1.80. The van der Waals surface area contributed by atoms with E-state index < -0.39 is 82.7 Å². The average Bonchev–Trinajstić information content (AvgIpc) is 3.41. The molecular formula is C41H57FN4O10. The minimum absolute atomic E-state index is 0.0129. The molecule has 308 valence electrons. The first-order valence-electron chi connectivity index (χ1n) is 19.3. The standard InChI is InChI=1S/C41H57FN4O10/c1-10-13-14-15-16-20-31(43-36(50)55-39(4,5)6)33(47)45-24-28(54-37(51)44-23-26-18-17-19-30(42)29(26)25-44)21-32(45)34(48)46(38(52)56-40(7,8)9)41(22-27(41)11-2)35(49)53-12-3/h10-11,17-19,27-28,31-32H,1-2,12-16,20-25H2,3-9H3,(H,43,50)/t27-,28-,31?,32+,41-/m1/s1. The van der Waals surface area contributed by atoms with Crippen LogP contribution in [0.1, 0.15) is 105 Å². The highest BCUT2D eigenvalue weighted by molar-refractivity contribution is 6.04. The van der Waals surface area contributed by atoms with E-state index in [-0.39, 0.29) is 45.5 Å². The van der Waals surface area contributed by atoms with Gasteiger partial charge in [0.25, 0.3) is 5.91 Å². The molecule has 1 aromatic carbocycles. The van der Waals surface area contributed by atoms with Crippen molar-refractivity contribution in [3.63, 3.8) is 0 Å². The SMILES string of the molecule is C=CCCCCCC(NC(=O)OC(C)(C)C)C(=O)N1C[C@H](OC(=O)N2Cc3cccc(F)c3C2)C[C@H]1C(=O)N(C(=O)OC(C)(C)C)[C@]1(C(=O)OCC)C[C@H]1C=C. The number of unbranched alkanes of at least 4 members (excludes halogenated alkanes) is 3. The Bertz CT molecular complexity index is 1690. The van der Waals surface area contributed by atoms with E-state index in [1.54, 1.807) is 66.7 Å². The van der Waals surface area contributed by atoms with Crippen molar-refractivity contribution in [3.05, 3.63) is 60.5 Å². The van der Waals surface area contributed by atoms with E-state index in [1.807, 2.05) is 0 Å². The van der Waals surface area contributed by atoms with Crippen LogP contribution in [0.3, 0.4) is 0 Å². The van der Waals surface area contributed by atoms with Crippen LogP contribution >= 0.6 is 0 Å². The molecule has 5 amide bonds. The van der Waals surface area contributed by atoms with Gasteiger partial charge in [0.1, 0.15) is 35.2 Å². The van der Waals surface area contributed by atoms with Crippen LogP contribution in [0.15, 0.2) is 43.5 Å². The normalized spacial score (nSPS) is 22.0. The molecule has 0 spiro atoms. The van der Waals surface area contributed by atoms with Gasteiger partial charge in [0.2, 0.25) is 5.91 Å². The number of carbonyl (C=O) groups is 6. The Hall–Kier alpha value is -4.95. The molecule has 1 aliphatic carbocycles. The van der Waals surface area contributed by atoms with Crippen molar-refractivity contribution in [2.75, 3.05) is 13.2 Å². The summed E-state index contributed by atoms with van der Waals surface area (Å²) in [6.45, 7) is 18.7. The molecule has 4 rings (SSSR count). The molecule has 2 aliphatic heterocycles. The first-order chi connectivity index (χ1) is 26.3. The number of ether oxygens (including phenoxy) is 4. The lowest BCUT2D eigenvalue weighted by molar-refractivity contribution is -0.159. The average molecular weight is 785 g/mol. The van der Waals surface area contributed by atoms with E-state index in [9.17, 15) is 33.2 Å². The number of amides is 5. The Morgan fingerprint density at radius 1 is 1.02 bits per heavy atom. The van der Waals surface area contributed by atoms with E-state index in [4.69, 9.17) is 18.9 Å². The van der Waals surface area contributed by atoms with Gasteiger partial charge in [-0.1, -0.05) is 37.1 Å². The molecular weight excluding hydrogens is 727 g/mol. The molecule has 0 bridgehead atoms. The molecule has 3 aliphatic rings. The van der Waals surface area contributed by atoms with Crippen LogP contribution in [-0.4, -0.2) is 98.8 Å². The lowest BCUT2D eigenvalue weighted by atomic mass is 10.0. The Morgan fingerprint density at radius 2 is 1.71 bits per heavy atom. The number of carbonyl (C=O) groups excluding carboxylic acids is 6. The van der Waals surface area contributed by atoms with Gasteiger partial charge in [-0.15, -0.1) is 13.2 Å². The van der Waals surface area contributed by atoms with Gasteiger partial charge < -0.3 is 29.2 Å². The Kier molecular flexibility index (Phi) is 14.0. The third-order valence-corrected chi connectivity index (χ3v) is 9.77. The second-order valence-electron chi connectivity index (χ2n) is 16.5. The van der Waals surface area contributed by atoms with Crippen molar-refractivity contribution in [1.82, 2.24) is 20.0 Å². The van der Waals surface area contributed by atoms with Crippen LogP contribution in [0.5, 0.6) is 0 Å². The lowest BCUT2D eigenvalue weighted by Crippen LogP contribution is -2.60. The van der Waals surface area contributed by atoms with Gasteiger partial charge in [-0.25, -0.2) is 28.5 Å². The first kappa shape index (κ1) is 43.8. The van der Waals surface area contributed by atoms with Crippen LogP contribution in [-0.2, 0) is 46.4 Å². The van der Waals surface area contributed by atoms with Crippen molar-refractivity contribution in [1.29, 1.82) is 0 Å². The molecule has 15 heteroatoms. The van der Waals surface area contributed by atoms with E-state index in [1.165, 1.54) is 21.9 Å². The number of allylic oxidation sites excluding steroid dienone is 1. The number of esters is 1. The molecule has 1 saturated heterocycles. The van der Waals surface area contributed by atoms with Crippen molar-refractivity contribution < 1.29 is 52.1 Å². The van der Waals surface area contributed by atoms with Crippen molar-refractivity contribution in [3.8, 4) is 0 Å². The lowest BCUT2D eigenvalue weighted by Gasteiger charge is -2.35. The molecule has 56 heavy (non-hydrogen) atoms. The minimum Gasteiger partial charge on any atom is -0.464 e. The Morgan fingerprint density at radius 3 is 2.30 bits per heavy atom. The van der Waals surface area contributed by atoms with Crippen LogP contribution in [0.2, 0.25) is 0 Å². The van der Waals surface area contributed by atoms with E-state index in [0.29, 0.717) is 24.0 Å². The second kappa shape index (κ2) is 17.9. The van der Waals surface area contributed by atoms with Crippen LogP contribution < -0.4 is 5.32 Å². The Labute approximate surface area is 328 Å². The summed E-state index contributed by atoms with van der Waals surface area (Å²) in [7, 11) is 0. The number of benzene rings is 1.